The minimum absolute atomic E-state index is 0.0377. The number of aromatic nitrogens is 2. The second kappa shape index (κ2) is 5.08. The predicted octanol–water partition coefficient (Wildman–Crippen LogP) is 1.67. The van der Waals surface area contributed by atoms with Crippen LogP contribution in [0.2, 0.25) is 0 Å². The Hall–Kier alpha value is -2.16. The first-order valence-electron chi connectivity index (χ1n) is 5.55. The van der Waals surface area contributed by atoms with Gasteiger partial charge in [0.05, 0.1) is 11.0 Å². The molecule has 0 spiro atoms. The lowest BCUT2D eigenvalue weighted by molar-refractivity contribution is 0.381. The van der Waals surface area contributed by atoms with Gasteiger partial charge in [0, 0.05) is 28.7 Å². The van der Waals surface area contributed by atoms with Crippen molar-refractivity contribution in [3.8, 4) is 0 Å². The molecule has 0 aliphatic rings. The highest BCUT2D eigenvalue weighted by Crippen LogP contribution is 2.24. The SMILES string of the molecule is Cc1[nH]ccc2c1[nH]c1cc(=O)ccc12.O=S(=O)(O)O. The van der Waals surface area contributed by atoms with E-state index in [1.165, 1.54) is 0 Å². The van der Waals surface area contributed by atoms with Gasteiger partial charge < -0.3 is 9.97 Å². The Morgan fingerprint density at radius 2 is 1.75 bits per heavy atom. The molecule has 4 N–H and O–H groups in total. The molecule has 0 amide bonds. The van der Waals surface area contributed by atoms with E-state index < -0.39 is 10.4 Å². The summed E-state index contributed by atoms with van der Waals surface area (Å²) in [5.41, 5.74) is 3.09. The lowest BCUT2D eigenvalue weighted by Crippen LogP contribution is -1.93. The largest absolute Gasteiger partial charge is 0.394 e. The van der Waals surface area contributed by atoms with Crippen LogP contribution >= 0.6 is 0 Å². The molecule has 2 aromatic heterocycles. The first-order chi connectivity index (χ1) is 9.25. The number of nitrogens with one attached hydrogen (secondary N) is 2. The van der Waals surface area contributed by atoms with Crippen molar-refractivity contribution in [2.45, 2.75) is 6.92 Å². The maximum Gasteiger partial charge on any atom is 0.394 e. The third-order valence-electron chi connectivity index (χ3n) is 2.74. The Balaban J connectivity index is 0.000000257. The number of rotatable bonds is 0. The van der Waals surface area contributed by atoms with Gasteiger partial charge in [-0.1, -0.05) is 0 Å². The molecule has 3 aromatic rings. The van der Waals surface area contributed by atoms with Crippen LogP contribution in [0.25, 0.3) is 21.8 Å². The average Bonchev–Trinajstić information content (AvgIpc) is 2.66. The van der Waals surface area contributed by atoms with Crippen molar-refractivity contribution in [1.82, 2.24) is 9.97 Å². The summed E-state index contributed by atoms with van der Waals surface area (Å²) in [4.78, 5) is 17.6. The van der Waals surface area contributed by atoms with Gasteiger partial charge in [0.25, 0.3) is 0 Å². The predicted molar refractivity (Wildman–Crippen MR) is 75.3 cm³/mol. The van der Waals surface area contributed by atoms with Gasteiger partial charge in [0.2, 0.25) is 0 Å². The van der Waals surface area contributed by atoms with E-state index >= 15 is 0 Å². The molecule has 7 nitrogen and oxygen atoms in total. The standard InChI is InChI=1S/C12H10N2O.H2O4S/c1-7-12-10(4-5-13-7)9-3-2-8(15)6-11(9)14-12;1-5(2,3)4/h2-6,13-14H,1H3;(H2,1,2,3,4). The third-order valence-corrected chi connectivity index (χ3v) is 2.74. The maximum atomic E-state index is 11.2. The van der Waals surface area contributed by atoms with Crippen LogP contribution < -0.4 is 5.43 Å². The van der Waals surface area contributed by atoms with Crippen molar-refractivity contribution in [1.29, 1.82) is 0 Å². The van der Waals surface area contributed by atoms with E-state index in [0.717, 1.165) is 27.5 Å². The van der Waals surface area contributed by atoms with Gasteiger partial charge in [-0.05, 0) is 25.1 Å². The molecule has 0 unspecified atom stereocenters. The summed E-state index contributed by atoms with van der Waals surface area (Å²) in [6.45, 7) is 2.01. The summed E-state index contributed by atoms with van der Waals surface area (Å²) in [7, 11) is -4.67. The molecule has 20 heavy (non-hydrogen) atoms. The number of fused-ring (bicyclic) bond motifs is 3. The summed E-state index contributed by atoms with van der Waals surface area (Å²) in [5, 5.41) is 2.25. The minimum atomic E-state index is -4.67. The van der Waals surface area contributed by atoms with Crippen molar-refractivity contribution in [3.05, 3.63) is 46.4 Å². The van der Waals surface area contributed by atoms with E-state index in [0.29, 0.717) is 0 Å². The van der Waals surface area contributed by atoms with Crippen LogP contribution in [0.15, 0.2) is 35.3 Å². The Morgan fingerprint density at radius 1 is 1.10 bits per heavy atom. The Kier molecular flexibility index (Phi) is 3.62. The quantitative estimate of drug-likeness (QED) is 0.470. The summed E-state index contributed by atoms with van der Waals surface area (Å²) >= 11 is 0. The van der Waals surface area contributed by atoms with E-state index in [1.54, 1.807) is 12.1 Å². The number of pyridine rings is 1. The molecule has 0 aliphatic heterocycles. The second-order valence-corrected chi connectivity index (χ2v) is 5.07. The van der Waals surface area contributed by atoms with E-state index in [2.05, 4.69) is 9.97 Å². The van der Waals surface area contributed by atoms with Gasteiger partial charge in [0.1, 0.15) is 0 Å². The zero-order valence-corrected chi connectivity index (χ0v) is 11.2. The molecular weight excluding hydrogens is 284 g/mol. The minimum Gasteiger partial charge on any atom is -0.364 e. The summed E-state index contributed by atoms with van der Waals surface area (Å²) in [6, 6.07) is 7.12. The summed E-state index contributed by atoms with van der Waals surface area (Å²) in [6.07, 6.45) is 1.91. The van der Waals surface area contributed by atoms with E-state index in [-0.39, 0.29) is 5.43 Å². The number of hydrogen-bond donors (Lipinski definition) is 4. The van der Waals surface area contributed by atoms with E-state index in [1.807, 2.05) is 25.3 Å². The Labute approximate surface area is 113 Å². The van der Waals surface area contributed by atoms with Gasteiger partial charge in [-0.3, -0.25) is 13.9 Å². The molecule has 3 rings (SSSR count). The highest BCUT2D eigenvalue weighted by atomic mass is 32.3. The number of aryl methyl sites for hydroxylation is 1. The number of benzene rings is 1. The fraction of sp³-hybridized carbons (Fsp3) is 0.0833. The van der Waals surface area contributed by atoms with Crippen molar-refractivity contribution < 1.29 is 17.5 Å². The summed E-state index contributed by atoms with van der Waals surface area (Å²) < 4.78 is 31.6. The Bertz CT molecular complexity index is 916. The normalized spacial score (nSPS) is 11.3. The summed E-state index contributed by atoms with van der Waals surface area (Å²) in [5.74, 6) is 0. The molecule has 0 atom stereocenters. The van der Waals surface area contributed by atoms with Crippen LogP contribution in [-0.4, -0.2) is 27.5 Å². The van der Waals surface area contributed by atoms with Crippen molar-refractivity contribution in [3.63, 3.8) is 0 Å². The molecule has 0 aliphatic carbocycles. The molecule has 0 radical (unpaired) electrons. The van der Waals surface area contributed by atoms with Crippen molar-refractivity contribution in [2.75, 3.05) is 0 Å². The topological polar surface area (TPSA) is 123 Å². The van der Waals surface area contributed by atoms with Gasteiger partial charge in [-0.2, -0.15) is 8.42 Å². The lowest BCUT2D eigenvalue weighted by atomic mass is 10.2. The van der Waals surface area contributed by atoms with Crippen LogP contribution in [0.1, 0.15) is 5.69 Å². The van der Waals surface area contributed by atoms with Gasteiger partial charge in [-0.15, -0.1) is 0 Å². The van der Waals surface area contributed by atoms with E-state index in [9.17, 15) is 4.79 Å². The van der Waals surface area contributed by atoms with Crippen LogP contribution in [0, 0.1) is 6.92 Å². The van der Waals surface area contributed by atoms with Crippen LogP contribution in [0.4, 0.5) is 0 Å². The van der Waals surface area contributed by atoms with Gasteiger partial charge in [0.15, 0.2) is 5.43 Å². The monoisotopic (exact) mass is 296 g/mol. The molecular formula is C12H12N2O5S. The lowest BCUT2D eigenvalue weighted by Gasteiger charge is -1.94. The zero-order chi connectivity index (χ0) is 14.9. The first kappa shape index (κ1) is 14.3. The molecule has 106 valence electrons. The van der Waals surface area contributed by atoms with Gasteiger partial charge in [-0.25, -0.2) is 0 Å². The zero-order valence-electron chi connectivity index (χ0n) is 10.4. The molecule has 0 saturated carbocycles. The molecule has 0 bridgehead atoms. The second-order valence-electron chi connectivity index (χ2n) is 4.17. The van der Waals surface area contributed by atoms with Crippen LogP contribution in [0.3, 0.4) is 0 Å². The third kappa shape index (κ3) is 3.23. The molecule has 8 heteroatoms. The van der Waals surface area contributed by atoms with Crippen molar-refractivity contribution in [2.24, 2.45) is 0 Å². The highest BCUT2D eigenvalue weighted by molar-refractivity contribution is 7.79. The van der Waals surface area contributed by atoms with Crippen LogP contribution in [-0.2, 0) is 10.4 Å². The molecule has 0 saturated heterocycles. The first-order valence-corrected chi connectivity index (χ1v) is 6.95. The highest BCUT2D eigenvalue weighted by Gasteiger charge is 2.05. The maximum absolute atomic E-state index is 11.2. The van der Waals surface area contributed by atoms with Crippen LogP contribution in [0.5, 0.6) is 0 Å². The number of aromatic amines is 2. The molecule has 2 heterocycles. The molecule has 0 fully saturated rings. The van der Waals surface area contributed by atoms with Crippen molar-refractivity contribution >= 4 is 32.2 Å². The van der Waals surface area contributed by atoms with Gasteiger partial charge >= 0.3 is 10.4 Å². The smallest absolute Gasteiger partial charge is 0.364 e. The Morgan fingerprint density at radius 3 is 2.40 bits per heavy atom. The fourth-order valence-electron chi connectivity index (χ4n) is 1.99. The number of H-pyrrole nitrogens is 2. The fourth-order valence-corrected chi connectivity index (χ4v) is 1.99. The average molecular weight is 296 g/mol. The van der Waals surface area contributed by atoms with E-state index in [4.69, 9.17) is 17.5 Å². The number of hydrogen-bond acceptors (Lipinski definition) is 3. The molecule has 1 aromatic carbocycles.